The molecule has 0 aliphatic carbocycles. The Morgan fingerprint density at radius 3 is 2.58 bits per heavy atom. The van der Waals surface area contributed by atoms with Crippen LogP contribution in [0.4, 0.5) is 22.0 Å². The number of aliphatic carboxylic acids is 1. The fourth-order valence-electron chi connectivity index (χ4n) is 4.54. The number of benzene rings is 2. The number of nitrogens with zero attached hydrogens (tertiary/aromatic N) is 4. The Morgan fingerprint density at radius 2 is 1.91 bits per heavy atom. The highest BCUT2D eigenvalue weighted by Crippen LogP contribution is 2.43. The van der Waals surface area contributed by atoms with E-state index in [-0.39, 0.29) is 50.9 Å². The molecule has 0 saturated carbocycles. The topological polar surface area (TPSA) is 118 Å². The fourth-order valence-corrected chi connectivity index (χ4v) is 5.79. The Bertz CT molecular complexity index is 2030. The third-order valence-electron chi connectivity index (χ3n) is 6.56. The monoisotopic (exact) mass is 634 g/mol. The number of fused-ring (bicyclic) bond motifs is 2. The van der Waals surface area contributed by atoms with E-state index in [0.29, 0.717) is 23.3 Å². The maximum atomic E-state index is 14.4. The van der Waals surface area contributed by atoms with Crippen molar-refractivity contribution in [2.24, 2.45) is 0 Å². The van der Waals surface area contributed by atoms with Crippen molar-refractivity contribution in [3.05, 3.63) is 85.9 Å². The molecule has 43 heavy (non-hydrogen) atoms. The summed E-state index contributed by atoms with van der Waals surface area (Å²) in [4.78, 5) is 32.5. The van der Waals surface area contributed by atoms with Gasteiger partial charge in [0.2, 0.25) is 0 Å². The predicted octanol–water partition coefficient (Wildman–Crippen LogP) is 6.78. The lowest BCUT2D eigenvalue weighted by Crippen LogP contribution is -2.27. The maximum Gasteiger partial charge on any atom is 0.416 e. The minimum absolute atomic E-state index is 0.0851. The molecule has 0 aliphatic heterocycles. The Kier molecular flexibility index (Phi) is 7.57. The number of nitriles is 1. The molecule has 2 aromatic carbocycles. The van der Waals surface area contributed by atoms with Gasteiger partial charge in [0.05, 0.1) is 44.4 Å². The van der Waals surface area contributed by atoms with Crippen LogP contribution in [-0.4, -0.2) is 32.2 Å². The number of carboxylic acids is 1. The van der Waals surface area contributed by atoms with E-state index in [0.717, 1.165) is 21.3 Å². The van der Waals surface area contributed by atoms with E-state index in [1.54, 1.807) is 6.07 Å². The van der Waals surface area contributed by atoms with E-state index in [4.69, 9.17) is 21.4 Å². The van der Waals surface area contributed by atoms with Gasteiger partial charge in [-0.25, -0.2) is 9.78 Å². The van der Waals surface area contributed by atoms with Gasteiger partial charge in [0.1, 0.15) is 24.3 Å². The average molecular weight is 635 g/mol. The lowest BCUT2D eigenvalue weighted by atomic mass is 10.0. The molecule has 5 aromatic rings. The summed E-state index contributed by atoms with van der Waals surface area (Å²) in [5, 5.41) is 19.5. The van der Waals surface area contributed by atoms with Crippen LogP contribution in [0.15, 0.2) is 52.8 Å². The number of carbonyl (C=O) groups is 1. The smallest absolute Gasteiger partial charge is 0.416 e. The molecular formula is C28H16ClF5N4O4S. The number of thiophene rings is 1. The van der Waals surface area contributed by atoms with Crippen LogP contribution in [0.5, 0.6) is 5.75 Å². The molecule has 0 atom stereocenters. The standard InChI is InChI=1S/C28H16ClF5N4O4S/c1-13-37-20-9-15(28(32,33)34)8-14(11-35)22(20)25(39)38(13)6-7-42-21-3-2-16(29)10-18(21)17-4-5-36-23-19(12-43-24(17)23)27(30,31)26(40)41/h2-5,8-10,12H,6-7H2,1H3,(H,40,41). The van der Waals surface area contributed by atoms with Gasteiger partial charge in [-0.15, -0.1) is 11.3 Å². The van der Waals surface area contributed by atoms with Gasteiger partial charge in [-0.1, -0.05) is 11.6 Å². The van der Waals surface area contributed by atoms with Crippen LogP contribution < -0.4 is 10.3 Å². The fraction of sp³-hybridized carbons (Fsp3) is 0.179. The second-order valence-corrected chi connectivity index (χ2v) is 10.5. The van der Waals surface area contributed by atoms with Gasteiger partial charge >= 0.3 is 18.1 Å². The van der Waals surface area contributed by atoms with Crippen molar-refractivity contribution in [3.63, 3.8) is 0 Å². The third-order valence-corrected chi connectivity index (χ3v) is 7.80. The molecular weight excluding hydrogens is 619 g/mol. The number of hydrogen-bond donors (Lipinski definition) is 1. The molecule has 15 heteroatoms. The molecule has 8 nitrogen and oxygen atoms in total. The number of hydrogen-bond acceptors (Lipinski definition) is 7. The van der Waals surface area contributed by atoms with E-state index in [2.05, 4.69) is 9.97 Å². The minimum Gasteiger partial charge on any atom is -0.491 e. The summed E-state index contributed by atoms with van der Waals surface area (Å²) in [5.41, 5.74) is -2.77. The number of pyridine rings is 1. The molecule has 3 aromatic heterocycles. The van der Waals surface area contributed by atoms with Gasteiger partial charge in [0.15, 0.2) is 0 Å². The highest BCUT2D eigenvalue weighted by atomic mass is 35.5. The summed E-state index contributed by atoms with van der Waals surface area (Å²) in [5.74, 6) is -6.16. The average Bonchev–Trinajstić information content (AvgIpc) is 3.39. The van der Waals surface area contributed by atoms with Gasteiger partial charge in [0.25, 0.3) is 5.56 Å². The predicted molar refractivity (Wildman–Crippen MR) is 148 cm³/mol. The SMILES string of the molecule is Cc1nc2cc(C(F)(F)F)cc(C#N)c2c(=O)n1CCOc1ccc(Cl)cc1-c1ccnc2c(C(F)(F)C(=O)O)csc12. The highest BCUT2D eigenvalue weighted by molar-refractivity contribution is 7.18. The van der Waals surface area contributed by atoms with Gasteiger partial charge in [-0.3, -0.25) is 14.3 Å². The Morgan fingerprint density at radius 1 is 1.16 bits per heavy atom. The molecule has 0 spiro atoms. The van der Waals surface area contributed by atoms with Crippen LogP contribution in [0.2, 0.25) is 5.02 Å². The van der Waals surface area contributed by atoms with Gasteiger partial charge in [0, 0.05) is 27.7 Å². The third kappa shape index (κ3) is 5.37. The molecule has 0 unspecified atom stereocenters. The van der Waals surface area contributed by atoms with E-state index in [1.807, 2.05) is 0 Å². The van der Waals surface area contributed by atoms with Crippen LogP contribution in [0.3, 0.4) is 0 Å². The number of rotatable bonds is 7. The molecule has 3 heterocycles. The van der Waals surface area contributed by atoms with Crippen LogP contribution in [0, 0.1) is 18.3 Å². The van der Waals surface area contributed by atoms with E-state index < -0.39 is 40.3 Å². The van der Waals surface area contributed by atoms with E-state index in [1.165, 1.54) is 37.4 Å². The molecule has 0 amide bonds. The molecule has 0 aliphatic rings. The molecule has 0 fully saturated rings. The largest absolute Gasteiger partial charge is 0.491 e. The van der Waals surface area contributed by atoms with Crippen molar-refractivity contribution >= 4 is 50.0 Å². The summed E-state index contributed by atoms with van der Waals surface area (Å²) >= 11 is 7.09. The summed E-state index contributed by atoms with van der Waals surface area (Å²) in [6.07, 6.45) is -3.49. The summed E-state index contributed by atoms with van der Waals surface area (Å²) in [6, 6.07) is 9.03. The quantitative estimate of drug-likeness (QED) is 0.196. The lowest BCUT2D eigenvalue weighted by Gasteiger charge is -2.16. The van der Waals surface area contributed by atoms with Crippen LogP contribution in [-0.2, 0) is 23.4 Å². The van der Waals surface area contributed by atoms with E-state index in [9.17, 15) is 36.8 Å². The molecule has 5 rings (SSSR count). The second kappa shape index (κ2) is 10.9. The Hall–Kier alpha value is -4.61. The Balaban J connectivity index is 1.50. The lowest BCUT2D eigenvalue weighted by molar-refractivity contribution is -0.166. The number of carboxylic acid groups (broad SMARTS) is 1. The van der Waals surface area contributed by atoms with Crippen molar-refractivity contribution in [1.82, 2.24) is 14.5 Å². The molecule has 1 N–H and O–H groups in total. The first-order valence-corrected chi connectivity index (χ1v) is 13.4. The van der Waals surface area contributed by atoms with Gasteiger partial charge in [-0.05, 0) is 43.3 Å². The summed E-state index contributed by atoms with van der Waals surface area (Å²) in [7, 11) is 0. The highest BCUT2D eigenvalue weighted by Gasteiger charge is 2.44. The zero-order valence-electron chi connectivity index (χ0n) is 21.7. The van der Waals surface area contributed by atoms with Crippen LogP contribution in [0.1, 0.15) is 22.5 Å². The van der Waals surface area contributed by atoms with Gasteiger partial charge in [-0.2, -0.15) is 27.2 Å². The van der Waals surface area contributed by atoms with Crippen LogP contribution in [0.25, 0.3) is 32.2 Å². The van der Waals surface area contributed by atoms with Crippen molar-refractivity contribution < 1.29 is 36.6 Å². The Labute approximate surface area is 247 Å². The second-order valence-electron chi connectivity index (χ2n) is 9.20. The zero-order chi connectivity index (χ0) is 31.3. The zero-order valence-corrected chi connectivity index (χ0v) is 23.2. The summed E-state index contributed by atoms with van der Waals surface area (Å²) in [6.45, 7) is 1.17. The number of halogens is 6. The summed E-state index contributed by atoms with van der Waals surface area (Å²) < 4.78 is 75.9. The minimum atomic E-state index is -4.74. The van der Waals surface area contributed by atoms with Gasteiger partial charge < -0.3 is 9.84 Å². The first-order chi connectivity index (χ1) is 20.2. The number of aromatic nitrogens is 3. The van der Waals surface area contributed by atoms with Crippen LogP contribution >= 0.6 is 22.9 Å². The molecule has 220 valence electrons. The normalized spacial score (nSPS) is 12.0. The van der Waals surface area contributed by atoms with E-state index >= 15 is 0 Å². The first kappa shape index (κ1) is 29.9. The first-order valence-electron chi connectivity index (χ1n) is 12.2. The molecule has 0 saturated heterocycles. The van der Waals surface area contributed by atoms with Crippen molar-refractivity contribution in [2.75, 3.05) is 6.61 Å². The number of aryl methyl sites for hydroxylation is 1. The maximum absolute atomic E-state index is 14.4. The molecule has 0 radical (unpaired) electrons. The van der Waals surface area contributed by atoms with Crippen molar-refractivity contribution in [2.45, 2.75) is 25.6 Å². The number of ether oxygens (including phenoxy) is 1. The number of alkyl halides is 5. The molecule has 0 bridgehead atoms. The van der Waals surface area contributed by atoms with Crippen molar-refractivity contribution in [3.8, 4) is 22.9 Å². The van der Waals surface area contributed by atoms with Crippen molar-refractivity contribution in [1.29, 1.82) is 5.26 Å².